The van der Waals surface area contributed by atoms with E-state index in [1.165, 1.54) is 30.5 Å². The summed E-state index contributed by atoms with van der Waals surface area (Å²) in [5.74, 6) is -0.509. The van der Waals surface area contributed by atoms with Gasteiger partial charge in [-0.2, -0.15) is 0 Å². The van der Waals surface area contributed by atoms with Crippen LogP contribution in [0.5, 0.6) is 0 Å². The highest BCUT2D eigenvalue weighted by Crippen LogP contribution is 2.20. The summed E-state index contributed by atoms with van der Waals surface area (Å²) >= 11 is 0. The summed E-state index contributed by atoms with van der Waals surface area (Å²) in [6.07, 6.45) is 1.22. The molecule has 2 rings (SSSR count). The summed E-state index contributed by atoms with van der Waals surface area (Å²) < 4.78 is 39.8. The molecule has 1 aromatic heterocycles. The fourth-order valence-corrected chi connectivity index (χ4v) is 2.66. The van der Waals surface area contributed by atoms with Crippen LogP contribution in [-0.2, 0) is 16.6 Å². The molecule has 2 aromatic rings. The lowest BCUT2D eigenvalue weighted by Crippen LogP contribution is -2.14. The van der Waals surface area contributed by atoms with Crippen LogP contribution in [0, 0.1) is 12.7 Å². The third kappa shape index (κ3) is 3.12. The van der Waals surface area contributed by atoms with Gasteiger partial charge in [0, 0.05) is 12.7 Å². The molecule has 7 heteroatoms. The number of sulfonamides is 1. The Kier molecular flexibility index (Phi) is 4.01. The van der Waals surface area contributed by atoms with E-state index in [-0.39, 0.29) is 17.1 Å². The molecule has 1 aromatic carbocycles. The Labute approximate surface area is 116 Å². The van der Waals surface area contributed by atoms with Gasteiger partial charge in [-0.25, -0.2) is 12.8 Å². The lowest BCUT2D eigenvalue weighted by molar-refractivity contribution is 0.600. The van der Waals surface area contributed by atoms with E-state index >= 15 is 0 Å². The monoisotopic (exact) mass is 295 g/mol. The fourth-order valence-electron chi connectivity index (χ4n) is 1.60. The number of hydrogen-bond acceptors (Lipinski definition) is 4. The van der Waals surface area contributed by atoms with Crippen molar-refractivity contribution in [2.24, 2.45) is 5.73 Å². The first kappa shape index (κ1) is 14.4. The second-order valence-electron chi connectivity index (χ2n) is 4.25. The molecule has 0 aliphatic rings. The van der Waals surface area contributed by atoms with E-state index in [9.17, 15) is 12.8 Å². The van der Waals surface area contributed by atoms with Crippen molar-refractivity contribution in [2.45, 2.75) is 18.4 Å². The van der Waals surface area contributed by atoms with Gasteiger partial charge >= 0.3 is 0 Å². The van der Waals surface area contributed by atoms with E-state index in [0.29, 0.717) is 11.3 Å². The Morgan fingerprint density at radius 1 is 1.30 bits per heavy atom. The molecule has 0 unspecified atom stereocenters. The molecule has 0 atom stereocenters. The number of benzene rings is 1. The van der Waals surface area contributed by atoms with Crippen molar-refractivity contribution >= 4 is 15.7 Å². The lowest BCUT2D eigenvalue weighted by atomic mass is 10.2. The molecule has 5 nitrogen and oxygen atoms in total. The minimum absolute atomic E-state index is 0.00152. The van der Waals surface area contributed by atoms with Crippen LogP contribution in [0.4, 0.5) is 10.1 Å². The molecular formula is C13H14FN3O2S. The molecule has 0 aliphatic carbocycles. The van der Waals surface area contributed by atoms with Crippen LogP contribution >= 0.6 is 0 Å². The number of nitrogens with one attached hydrogen (secondary N) is 1. The quantitative estimate of drug-likeness (QED) is 0.900. The molecule has 0 saturated carbocycles. The van der Waals surface area contributed by atoms with Crippen molar-refractivity contribution in [3.8, 4) is 0 Å². The maximum atomic E-state index is 13.2. The van der Waals surface area contributed by atoms with E-state index in [1.54, 1.807) is 6.92 Å². The van der Waals surface area contributed by atoms with Crippen molar-refractivity contribution in [2.75, 3.05) is 4.72 Å². The summed E-state index contributed by atoms with van der Waals surface area (Å²) in [6, 6.07) is 6.85. The van der Waals surface area contributed by atoms with Crippen molar-refractivity contribution < 1.29 is 12.8 Å². The number of nitrogens with two attached hydrogens (primary N) is 1. The average Bonchev–Trinajstić information content (AvgIpc) is 2.43. The van der Waals surface area contributed by atoms with Crippen LogP contribution < -0.4 is 10.5 Å². The first-order chi connectivity index (χ1) is 9.42. The molecule has 0 spiro atoms. The molecule has 0 fully saturated rings. The Balaban J connectivity index is 2.32. The smallest absolute Gasteiger partial charge is 0.263 e. The standard InChI is InChI=1S/C13H14FN3O2S/c1-9-2-3-10(14)6-13(9)17-20(18,19)12-5-4-11(7-15)16-8-12/h2-6,8,17H,7,15H2,1H3. The zero-order valence-corrected chi connectivity index (χ0v) is 11.6. The van der Waals surface area contributed by atoms with E-state index < -0.39 is 15.8 Å². The zero-order chi connectivity index (χ0) is 14.8. The van der Waals surface area contributed by atoms with Gasteiger partial charge in [-0.1, -0.05) is 6.07 Å². The highest BCUT2D eigenvalue weighted by molar-refractivity contribution is 7.92. The van der Waals surface area contributed by atoms with Gasteiger partial charge in [0.2, 0.25) is 0 Å². The van der Waals surface area contributed by atoms with Crippen molar-refractivity contribution in [3.05, 3.63) is 53.6 Å². The highest BCUT2D eigenvalue weighted by Gasteiger charge is 2.16. The maximum Gasteiger partial charge on any atom is 0.263 e. The van der Waals surface area contributed by atoms with Gasteiger partial charge in [0.15, 0.2) is 0 Å². The predicted molar refractivity (Wildman–Crippen MR) is 74.1 cm³/mol. The Bertz CT molecular complexity index is 715. The van der Waals surface area contributed by atoms with Crippen molar-refractivity contribution in [1.82, 2.24) is 4.98 Å². The van der Waals surface area contributed by atoms with Crippen LogP contribution in [0.15, 0.2) is 41.4 Å². The second-order valence-corrected chi connectivity index (χ2v) is 5.94. The Morgan fingerprint density at radius 2 is 2.05 bits per heavy atom. The minimum atomic E-state index is -3.80. The number of aryl methyl sites for hydroxylation is 1. The average molecular weight is 295 g/mol. The predicted octanol–water partition coefficient (Wildman–Crippen LogP) is 1.79. The van der Waals surface area contributed by atoms with Gasteiger partial charge in [0.05, 0.1) is 11.4 Å². The summed E-state index contributed by atoms with van der Waals surface area (Å²) in [7, 11) is -3.80. The van der Waals surface area contributed by atoms with Crippen LogP contribution in [-0.4, -0.2) is 13.4 Å². The summed E-state index contributed by atoms with van der Waals surface area (Å²) in [4.78, 5) is 3.93. The van der Waals surface area contributed by atoms with Gasteiger partial charge < -0.3 is 5.73 Å². The van der Waals surface area contributed by atoms with Gasteiger partial charge in [0.1, 0.15) is 10.7 Å². The van der Waals surface area contributed by atoms with Gasteiger partial charge in [-0.3, -0.25) is 9.71 Å². The van der Waals surface area contributed by atoms with E-state index in [2.05, 4.69) is 9.71 Å². The molecule has 3 N–H and O–H groups in total. The second kappa shape index (κ2) is 5.56. The third-order valence-electron chi connectivity index (χ3n) is 2.76. The maximum absolute atomic E-state index is 13.2. The molecule has 1 heterocycles. The van der Waals surface area contributed by atoms with Crippen LogP contribution in [0.25, 0.3) is 0 Å². The molecule has 0 radical (unpaired) electrons. The summed E-state index contributed by atoms with van der Waals surface area (Å²) in [6.45, 7) is 1.92. The minimum Gasteiger partial charge on any atom is -0.325 e. The topological polar surface area (TPSA) is 85.1 Å². The van der Waals surface area contributed by atoms with Gasteiger partial charge in [0.25, 0.3) is 10.0 Å². The van der Waals surface area contributed by atoms with Crippen LogP contribution in [0.2, 0.25) is 0 Å². The molecule has 20 heavy (non-hydrogen) atoms. The Morgan fingerprint density at radius 3 is 2.65 bits per heavy atom. The number of rotatable bonds is 4. The van der Waals surface area contributed by atoms with E-state index in [4.69, 9.17) is 5.73 Å². The molecule has 106 valence electrons. The van der Waals surface area contributed by atoms with Crippen LogP contribution in [0.3, 0.4) is 0 Å². The first-order valence-electron chi connectivity index (χ1n) is 5.86. The van der Waals surface area contributed by atoms with Gasteiger partial charge in [-0.15, -0.1) is 0 Å². The van der Waals surface area contributed by atoms with Crippen molar-refractivity contribution in [1.29, 1.82) is 0 Å². The molecule has 0 bridgehead atoms. The highest BCUT2D eigenvalue weighted by atomic mass is 32.2. The lowest BCUT2D eigenvalue weighted by Gasteiger charge is -2.10. The number of anilines is 1. The Hall–Kier alpha value is -1.99. The largest absolute Gasteiger partial charge is 0.325 e. The SMILES string of the molecule is Cc1ccc(F)cc1NS(=O)(=O)c1ccc(CN)nc1. The normalized spacial score (nSPS) is 11.3. The van der Waals surface area contributed by atoms with Gasteiger partial charge in [-0.05, 0) is 36.8 Å². The number of pyridine rings is 1. The number of nitrogens with zero attached hydrogens (tertiary/aromatic N) is 1. The van der Waals surface area contributed by atoms with E-state index in [1.807, 2.05) is 0 Å². The zero-order valence-electron chi connectivity index (χ0n) is 10.8. The summed E-state index contributed by atoms with van der Waals surface area (Å²) in [5.41, 5.74) is 6.82. The molecule has 0 saturated heterocycles. The molecule has 0 aliphatic heterocycles. The number of hydrogen-bond donors (Lipinski definition) is 2. The number of halogens is 1. The van der Waals surface area contributed by atoms with Crippen LogP contribution in [0.1, 0.15) is 11.3 Å². The van der Waals surface area contributed by atoms with E-state index in [0.717, 1.165) is 6.07 Å². The van der Waals surface area contributed by atoms with Crippen molar-refractivity contribution in [3.63, 3.8) is 0 Å². The third-order valence-corrected chi connectivity index (χ3v) is 4.11. The molecular weight excluding hydrogens is 281 g/mol. The first-order valence-corrected chi connectivity index (χ1v) is 7.34. The fraction of sp³-hybridized carbons (Fsp3) is 0.154. The molecule has 0 amide bonds. The summed E-state index contributed by atoms with van der Waals surface area (Å²) in [5, 5.41) is 0. The number of aromatic nitrogens is 1.